The molecule has 0 aliphatic rings. The van der Waals surface area contributed by atoms with Gasteiger partial charge in [0.15, 0.2) is 5.00 Å². The highest BCUT2D eigenvalue weighted by atomic mass is 32.2. The summed E-state index contributed by atoms with van der Waals surface area (Å²) < 4.78 is 26.5. The van der Waals surface area contributed by atoms with Crippen molar-refractivity contribution in [1.82, 2.24) is 4.72 Å². The molecule has 0 atom stereocenters. The Morgan fingerprint density at radius 3 is 2.57 bits per heavy atom. The van der Waals surface area contributed by atoms with Crippen LogP contribution in [0.25, 0.3) is 0 Å². The lowest BCUT2D eigenvalue weighted by atomic mass is 10.4. The van der Waals surface area contributed by atoms with E-state index < -0.39 is 14.9 Å². The number of nitrogen functional groups attached to an aromatic ring is 1. The predicted octanol–water partition coefficient (Wildman–Crippen LogP) is 1.79. The number of aryl methyl sites for hydroxylation is 1. The summed E-state index contributed by atoms with van der Waals surface area (Å²) in [7, 11) is -3.82. The van der Waals surface area contributed by atoms with E-state index in [-0.39, 0.29) is 21.4 Å². The molecule has 0 saturated heterocycles. The number of anilines is 1. The third kappa shape index (κ3) is 3.57. The van der Waals surface area contributed by atoms with Crippen LogP contribution in [-0.4, -0.2) is 13.3 Å². The summed E-state index contributed by atoms with van der Waals surface area (Å²) in [6.45, 7) is 2.06. The number of nitrogens with one attached hydrogen (secondary N) is 2. The largest absolute Gasteiger partial charge is 0.310 e. The topological polar surface area (TPSA) is 127 Å². The monoisotopic (exact) mass is 348 g/mol. The van der Waals surface area contributed by atoms with Gasteiger partial charge in [0.05, 0.1) is 4.92 Å². The van der Waals surface area contributed by atoms with Crippen LogP contribution in [0.4, 0.5) is 10.7 Å². The molecule has 2 aromatic heterocycles. The minimum absolute atomic E-state index is 0.00709. The maximum atomic E-state index is 12.1. The molecule has 21 heavy (non-hydrogen) atoms. The van der Waals surface area contributed by atoms with Crippen LogP contribution in [0.2, 0.25) is 0 Å². The van der Waals surface area contributed by atoms with Gasteiger partial charge in [0.25, 0.3) is 10.0 Å². The van der Waals surface area contributed by atoms with Gasteiger partial charge in [-0.25, -0.2) is 19.0 Å². The summed E-state index contributed by atoms with van der Waals surface area (Å²) in [5.74, 6) is 5.16. The number of hydrogen-bond donors (Lipinski definition) is 3. The van der Waals surface area contributed by atoms with Crippen molar-refractivity contribution in [3.8, 4) is 0 Å². The summed E-state index contributed by atoms with van der Waals surface area (Å²) in [6.07, 6.45) is 0. The lowest BCUT2D eigenvalue weighted by Gasteiger charge is -2.02. The Balaban J connectivity index is 2.21. The van der Waals surface area contributed by atoms with Gasteiger partial charge in [0.1, 0.15) is 4.21 Å². The Hall–Kier alpha value is -1.53. The molecule has 0 spiro atoms. The van der Waals surface area contributed by atoms with Gasteiger partial charge in [-0.2, -0.15) is 0 Å². The van der Waals surface area contributed by atoms with Gasteiger partial charge in [-0.3, -0.25) is 10.1 Å². The summed E-state index contributed by atoms with van der Waals surface area (Å²) in [4.78, 5) is 12.1. The first-order valence-electron chi connectivity index (χ1n) is 5.63. The second kappa shape index (κ2) is 6.07. The lowest BCUT2D eigenvalue weighted by molar-refractivity contribution is -0.383. The Labute approximate surface area is 128 Å². The molecule has 0 aliphatic heterocycles. The van der Waals surface area contributed by atoms with E-state index >= 15 is 0 Å². The third-order valence-electron chi connectivity index (χ3n) is 2.51. The van der Waals surface area contributed by atoms with Gasteiger partial charge in [0, 0.05) is 22.4 Å². The normalized spacial score (nSPS) is 11.5. The van der Waals surface area contributed by atoms with Crippen LogP contribution in [-0.2, 0) is 16.6 Å². The molecule has 8 nitrogen and oxygen atoms in total. The number of nitro groups is 1. The zero-order valence-corrected chi connectivity index (χ0v) is 13.3. The van der Waals surface area contributed by atoms with Crippen molar-refractivity contribution in [1.29, 1.82) is 0 Å². The molecule has 0 saturated carbocycles. The Morgan fingerprint density at radius 2 is 2.10 bits per heavy atom. The fraction of sp³-hybridized carbons (Fsp3) is 0.200. The predicted molar refractivity (Wildman–Crippen MR) is 81.9 cm³/mol. The van der Waals surface area contributed by atoms with Gasteiger partial charge < -0.3 is 5.43 Å². The average Bonchev–Trinajstić information content (AvgIpc) is 3.02. The summed E-state index contributed by atoms with van der Waals surface area (Å²) in [5, 5.41) is 10.8. The lowest BCUT2D eigenvalue weighted by Crippen LogP contribution is -2.21. The van der Waals surface area contributed by atoms with E-state index in [0.717, 1.165) is 15.8 Å². The van der Waals surface area contributed by atoms with E-state index in [1.54, 1.807) is 0 Å². The zero-order valence-electron chi connectivity index (χ0n) is 10.8. The second-order valence-electron chi connectivity index (χ2n) is 4.02. The third-order valence-corrected chi connectivity index (χ3v) is 6.45. The zero-order chi connectivity index (χ0) is 15.6. The Bertz CT molecular complexity index is 765. The molecule has 0 radical (unpaired) electrons. The number of thiophene rings is 2. The SMILES string of the molecule is Cc1ccc(CNS(=O)(=O)c2cc([N+](=O)[O-])c(NN)s2)s1. The number of hydrazine groups is 1. The number of sulfonamides is 1. The van der Waals surface area contributed by atoms with Gasteiger partial charge in [0.2, 0.25) is 0 Å². The molecule has 0 bridgehead atoms. The summed E-state index contributed by atoms with van der Waals surface area (Å²) in [5.41, 5.74) is 1.77. The Morgan fingerprint density at radius 1 is 1.38 bits per heavy atom. The van der Waals surface area contributed by atoms with Gasteiger partial charge >= 0.3 is 5.69 Å². The molecule has 0 aliphatic carbocycles. The van der Waals surface area contributed by atoms with E-state index in [9.17, 15) is 18.5 Å². The van der Waals surface area contributed by atoms with Crippen molar-refractivity contribution in [2.45, 2.75) is 17.7 Å². The molecular formula is C10H12N4O4S3. The Kier molecular flexibility index (Phi) is 4.58. The van der Waals surface area contributed by atoms with Crippen molar-refractivity contribution >= 4 is 43.4 Å². The van der Waals surface area contributed by atoms with E-state index in [0.29, 0.717) is 11.3 Å². The maximum absolute atomic E-state index is 12.1. The van der Waals surface area contributed by atoms with Crippen molar-refractivity contribution < 1.29 is 13.3 Å². The highest BCUT2D eigenvalue weighted by Gasteiger charge is 2.25. The van der Waals surface area contributed by atoms with Crippen LogP contribution < -0.4 is 16.0 Å². The smallest absolute Gasteiger partial charge is 0.306 e. The van der Waals surface area contributed by atoms with E-state index in [4.69, 9.17) is 5.84 Å². The van der Waals surface area contributed by atoms with E-state index in [1.807, 2.05) is 19.1 Å². The fourth-order valence-electron chi connectivity index (χ4n) is 1.55. The van der Waals surface area contributed by atoms with Gasteiger partial charge in [-0.15, -0.1) is 11.3 Å². The second-order valence-corrected chi connectivity index (χ2v) is 8.44. The molecule has 4 N–H and O–H groups in total. The molecule has 2 heterocycles. The van der Waals surface area contributed by atoms with Crippen LogP contribution in [0.1, 0.15) is 9.75 Å². The average molecular weight is 348 g/mol. The van der Waals surface area contributed by atoms with Crippen molar-refractivity contribution in [3.05, 3.63) is 38.1 Å². The number of nitrogens with zero attached hydrogens (tertiary/aromatic N) is 1. The molecule has 2 rings (SSSR count). The standard InChI is InChI=1S/C10H12N4O4S3/c1-6-2-3-7(19-6)5-12-21(17,18)9-4-8(14(15)16)10(13-11)20-9/h2-4,12-13H,5,11H2,1H3. The van der Waals surface area contributed by atoms with E-state index in [2.05, 4.69) is 10.1 Å². The van der Waals surface area contributed by atoms with Crippen molar-refractivity contribution in [2.75, 3.05) is 5.43 Å². The number of hydrogen-bond acceptors (Lipinski definition) is 8. The first kappa shape index (κ1) is 15.9. The highest BCUT2D eigenvalue weighted by Crippen LogP contribution is 2.36. The molecule has 11 heteroatoms. The quantitative estimate of drug-likeness (QED) is 0.415. The van der Waals surface area contributed by atoms with Crippen molar-refractivity contribution in [3.63, 3.8) is 0 Å². The van der Waals surface area contributed by atoms with E-state index in [1.165, 1.54) is 11.3 Å². The fourth-order valence-corrected chi connectivity index (χ4v) is 4.76. The molecule has 2 aromatic rings. The summed E-state index contributed by atoms with van der Waals surface area (Å²) >= 11 is 2.19. The van der Waals surface area contributed by atoms with Crippen LogP contribution >= 0.6 is 22.7 Å². The molecule has 114 valence electrons. The van der Waals surface area contributed by atoms with Crippen LogP contribution in [0.15, 0.2) is 22.4 Å². The minimum atomic E-state index is -3.82. The number of rotatable bonds is 6. The van der Waals surface area contributed by atoms with Crippen LogP contribution in [0, 0.1) is 17.0 Å². The first-order chi connectivity index (χ1) is 9.83. The van der Waals surface area contributed by atoms with Gasteiger partial charge in [-0.05, 0) is 19.1 Å². The molecular weight excluding hydrogens is 336 g/mol. The van der Waals surface area contributed by atoms with Crippen molar-refractivity contribution in [2.24, 2.45) is 5.84 Å². The number of nitrogens with two attached hydrogens (primary N) is 1. The summed E-state index contributed by atoms with van der Waals surface area (Å²) in [6, 6.07) is 4.70. The molecule has 0 aromatic carbocycles. The van der Waals surface area contributed by atoms with Gasteiger partial charge in [-0.1, -0.05) is 11.3 Å². The molecule has 0 amide bonds. The minimum Gasteiger partial charge on any atom is -0.310 e. The first-order valence-corrected chi connectivity index (χ1v) is 8.75. The molecule has 0 unspecified atom stereocenters. The van der Waals surface area contributed by atoms with Crippen LogP contribution in [0.5, 0.6) is 0 Å². The van der Waals surface area contributed by atoms with Crippen LogP contribution in [0.3, 0.4) is 0 Å². The highest BCUT2D eigenvalue weighted by molar-refractivity contribution is 7.91. The molecule has 0 fully saturated rings. The maximum Gasteiger partial charge on any atom is 0.306 e.